The Kier molecular flexibility index (Phi) is 3.64. The van der Waals surface area contributed by atoms with Gasteiger partial charge in [0.2, 0.25) is 0 Å². The van der Waals surface area contributed by atoms with Crippen LogP contribution < -0.4 is 5.46 Å². The Morgan fingerprint density at radius 2 is 1.70 bits per heavy atom. The zero-order chi connectivity index (χ0) is 16.2. The van der Waals surface area contributed by atoms with Crippen LogP contribution in [0.15, 0.2) is 18.2 Å². The van der Waals surface area contributed by atoms with Gasteiger partial charge in [-0.15, -0.1) is 0 Å². The molecule has 4 rings (SSSR count). The lowest BCUT2D eigenvalue weighted by atomic mass is 9.74. The lowest BCUT2D eigenvalue weighted by Gasteiger charge is -2.32. The van der Waals surface area contributed by atoms with E-state index in [0.717, 1.165) is 13.0 Å². The van der Waals surface area contributed by atoms with Crippen LogP contribution in [0.1, 0.15) is 76.5 Å². The van der Waals surface area contributed by atoms with Crippen molar-refractivity contribution >= 4 is 12.6 Å². The van der Waals surface area contributed by atoms with Crippen LogP contribution in [0, 0.1) is 0 Å². The Hall–Kier alpha value is -0.835. The van der Waals surface area contributed by atoms with Crippen LogP contribution in [0.2, 0.25) is 0 Å². The van der Waals surface area contributed by atoms with E-state index < -0.39 is 0 Å². The largest absolute Gasteiger partial charge is 0.495 e. The Balaban J connectivity index is 1.66. The number of benzene rings is 1. The fourth-order valence-corrected chi connectivity index (χ4v) is 3.57. The summed E-state index contributed by atoms with van der Waals surface area (Å²) in [5, 5.41) is 0. The van der Waals surface area contributed by atoms with E-state index in [9.17, 15) is 0 Å². The summed E-state index contributed by atoms with van der Waals surface area (Å²) in [5.41, 5.74) is 3.38. The predicted molar refractivity (Wildman–Crippen MR) is 92.1 cm³/mol. The molecule has 0 aromatic heterocycles. The van der Waals surface area contributed by atoms with Crippen LogP contribution in [0.3, 0.4) is 0 Å². The van der Waals surface area contributed by atoms with Gasteiger partial charge >= 0.3 is 7.12 Å². The molecule has 2 aliphatic heterocycles. The van der Waals surface area contributed by atoms with Crippen LogP contribution >= 0.6 is 0 Å². The minimum absolute atomic E-state index is 0.255. The van der Waals surface area contributed by atoms with Crippen LogP contribution in [0.5, 0.6) is 0 Å². The summed E-state index contributed by atoms with van der Waals surface area (Å²) in [6.07, 6.45) is 5.14. The summed E-state index contributed by atoms with van der Waals surface area (Å²) < 4.78 is 18.4. The molecule has 23 heavy (non-hydrogen) atoms. The highest BCUT2D eigenvalue weighted by molar-refractivity contribution is 6.62. The van der Waals surface area contributed by atoms with E-state index in [4.69, 9.17) is 14.0 Å². The van der Waals surface area contributed by atoms with Crippen molar-refractivity contribution in [3.63, 3.8) is 0 Å². The summed E-state index contributed by atoms with van der Waals surface area (Å²) in [4.78, 5) is 0. The van der Waals surface area contributed by atoms with E-state index >= 15 is 0 Å². The maximum absolute atomic E-state index is 6.28. The Morgan fingerprint density at radius 1 is 1.00 bits per heavy atom. The first-order chi connectivity index (χ1) is 10.9. The number of rotatable bonds is 3. The Bertz CT molecular complexity index is 585. The van der Waals surface area contributed by atoms with Crippen molar-refractivity contribution in [3.8, 4) is 0 Å². The fraction of sp³-hybridized carbons (Fsp3) is 0.684. The van der Waals surface area contributed by atoms with Gasteiger partial charge in [-0.2, -0.15) is 0 Å². The van der Waals surface area contributed by atoms with Gasteiger partial charge in [0.05, 0.1) is 17.3 Å². The molecule has 3 aliphatic rings. The molecule has 1 aromatic carbocycles. The van der Waals surface area contributed by atoms with Gasteiger partial charge in [0.1, 0.15) is 0 Å². The average molecular weight is 314 g/mol. The molecule has 0 spiro atoms. The van der Waals surface area contributed by atoms with Gasteiger partial charge in [-0.3, -0.25) is 0 Å². The third-order valence-corrected chi connectivity index (χ3v) is 5.94. The lowest BCUT2D eigenvalue weighted by Crippen LogP contribution is -2.41. The number of hydrogen-bond donors (Lipinski definition) is 0. The second-order valence-corrected chi connectivity index (χ2v) is 8.25. The molecule has 3 nitrogen and oxygen atoms in total. The first-order valence-electron chi connectivity index (χ1n) is 8.98. The van der Waals surface area contributed by atoms with Crippen molar-refractivity contribution in [2.75, 3.05) is 6.61 Å². The molecule has 0 amide bonds. The van der Waals surface area contributed by atoms with Gasteiger partial charge in [0.25, 0.3) is 0 Å². The van der Waals surface area contributed by atoms with E-state index in [1.165, 1.54) is 35.9 Å². The van der Waals surface area contributed by atoms with Gasteiger partial charge in [-0.1, -0.05) is 18.2 Å². The van der Waals surface area contributed by atoms with E-state index in [1.54, 1.807) is 0 Å². The third kappa shape index (κ3) is 2.75. The predicted octanol–water partition coefficient (Wildman–Crippen LogP) is 3.71. The molecule has 0 N–H and O–H groups in total. The molecular formula is C19H27BO3. The minimum atomic E-state index is -0.286. The van der Waals surface area contributed by atoms with Crippen LogP contribution in [-0.4, -0.2) is 24.9 Å². The molecule has 1 atom stereocenters. The minimum Gasteiger partial charge on any atom is -0.399 e. The van der Waals surface area contributed by atoms with Crippen molar-refractivity contribution in [3.05, 3.63) is 29.3 Å². The summed E-state index contributed by atoms with van der Waals surface area (Å²) in [6, 6.07) is 6.78. The molecule has 1 aliphatic carbocycles. The van der Waals surface area contributed by atoms with Crippen molar-refractivity contribution in [1.82, 2.24) is 0 Å². The maximum atomic E-state index is 6.28. The molecule has 4 heteroatoms. The quantitative estimate of drug-likeness (QED) is 0.796. The van der Waals surface area contributed by atoms with Gasteiger partial charge in [-0.05, 0) is 75.9 Å². The van der Waals surface area contributed by atoms with Crippen molar-refractivity contribution in [2.45, 2.75) is 76.6 Å². The van der Waals surface area contributed by atoms with Crippen LogP contribution in [0.25, 0.3) is 0 Å². The smallest absolute Gasteiger partial charge is 0.399 e. The summed E-state index contributed by atoms with van der Waals surface area (Å²) in [6.45, 7) is 9.35. The SMILES string of the molecule is CC1(C)OB(c2ccc(C3CCCO3)cc2C2CC2)OC1(C)C. The van der Waals surface area contributed by atoms with Crippen molar-refractivity contribution < 1.29 is 14.0 Å². The van der Waals surface area contributed by atoms with E-state index in [1.807, 2.05) is 0 Å². The molecular weight excluding hydrogens is 287 g/mol. The average Bonchev–Trinajstić information content (AvgIpc) is 3.13. The molecule has 2 saturated heterocycles. The van der Waals surface area contributed by atoms with Gasteiger partial charge in [0, 0.05) is 6.61 Å². The van der Waals surface area contributed by atoms with E-state index in [2.05, 4.69) is 45.9 Å². The fourth-order valence-electron chi connectivity index (χ4n) is 3.57. The van der Waals surface area contributed by atoms with Crippen molar-refractivity contribution in [2.24, 2.45) is 0 Å². The standard InChI is InChI=1S/C19H27BO3/c1-18(2)19(3,4)23-20(22-18)16-10-9-14(17-6-5-11-21-17)12-15(16)13-7-8-13/h9-10,12-13,17H,5-8,11H2,1-4H3. The Morgan fingerprint density at radius 3 is 2.26 bits per heavy atom. The lowest BCUT2D eigenvalue weighted by molar-refractivity contribution is 0.00578. The molecule has 0 radical (unpaired) electrons. The number of ether oxygens (including phenoxy) is 1. The zero-order valence-corrected chi connectivity index (χ0v) is 14.7. The Labute approximate surface area is 139 Å². The second-order valence-electron chi connectivity index (χ2n) is 8.25. The molecule has 124 valence electrons. The summed E-state index contributed by atoms with van der Waals surface area (Å²) in [7, 11) is -0.255. The normalized spacial score (nSPS) is 29.2. The highest BCUT2D eigenvalue weighted by atomic mass is 16.7. The second kappa shape index (κ2) is 5.33. The van der Waals surface area contributed by atoms with Gasteiger partial charge in [0.15, 0.2) is 0 Å². The molecule has 0 bridgehead atoms. The zero-order valence-electron chi connectivity index (χ0n) is 14.7. The topological polar surface area (TPSA) is 27.7 Å². The van der Waals surface area contributed by atoms with E-state index in [0.29, 0.717) is 5.92 Å². The first kappa shape index (κ1) is 15.7. The van der Waals surface area contributed by atoms with E-state index in [-0.39, 0.29) is 24.4 Å². The van der Waals surface area contributed by atoms with Gasteiger partial charge < -0.3 is 14.0 Å². The molecule has 1 aromatic rings. The summed E-state index contributed by atoms with van der Waals surface area (Å²) in [5.74, 6) is 0.672. The van der Waals surface area contributed by atoms with Gasteiger partial charge in [-0.25, -0.2) is 0 Å². The molecule has 1 saturated carbocycles. The summed E-state index contributed by atoms with van der Waals surface area (Å²) >= 11 is 0. The molecule has 2 heterocycles. The maximum Gasteiger partial charge on any atom is 0.495 e. The molecule has 1 unspecified atom stereocenters. The van der Waals surface area contributed by atoms with Crippen LogP contribution in [0.4, 0.5) is 0 Å². The highest BCUT2D eigenvalue weighted by Crippen LogP contribution is 2.43. The van der Waals surface area contributed by atoms with Crippen molar-refractivity contribution in [1.29, 1.82) is 0 Å². The number of hydrogen-bond acceptors (Lipinski definition) is 3. The molecule has 3 fully saturated rings. The monoisotopic (exact) mass is 314 g/mol. The third-order valence-electron chi connectivity index (χ3n) is 5.94. The van der Waals surface area contributed by atoms with Crippen LogP contribution in [-0.2, 0) is 14.0 Å². The first-order valence-corrected chi connectivity index (χ1v) is 8.98. The highest BCUT2D eigenvalue weighted by Gasteiger charge is 2.52.